The molecule has 22 heavy (non-hydrogen) atoms. The predicted molar refractivity (Wildman–Crippen MR) is 88.9 cm³/mol. The van der Waals surface area contributed by atoms with Gasteiger partial charge < -0.3 is 10.3 Å². The third-order valence-electron chi connectivity index (χ3n) is 3.49. The standard InChI is InChI=1S/C13H14N6O.2ClH/c14-19-16-7-12(20)8-3-4-9-11(6-8)18-13(17-9)10-2-1-5-15-10;;/h3-4,6,10,15H,1-2,5,7H2,(H,17,18);2*1H/t10-;;/m0../s1. The van der Waals surface area contributed by atoms with Crippen LogP contribution in [0.15, 0.2) is 23.3 Å². The monoisotopic (exact) mass is 342 g/mol. The average molecular weight is 343 g/mol. The normalized spacial score (nSPS) is 16.5. The maximum absolute atomic E-state index is 11.8. The number of ketones is 1. The highest BCUT2D eigenvalue weighted by Crippen LogP contribution is 2.23. The van der Waals surface area contributed by atoms with Gasteiger partial charge >= 0.3 is 0 Å². The van der Waals surface area contributed by atoms with Crippen molar-refractivity contribution in [1.29, 1.82) is 0 Å². The van der Waals surface area contributed by atoms with Crippen LogP contribution in [0.1, 0.15) is 35.1 Å². The Balaban J connectivity index is 0.00000121. The number of carbonyl (C=O) groups excluding carboxylic acids is 1. The summed E-state index contributed by atoms with van der Waals surface area (Å²) in [5.74, 6) is 0.719. The van der Waals surface area contributed by atoms with E-state index in [9.17, 15) is 4.79 Å². The quantitative estimate of drug-likeness (QED) is 0.385. The van der Waals surface area contributed by atoms with E-state index >= 15 is 0 Å². The number of fused-ring (bicyclic) bond motifs is 1. The van der Waals surface area contributed by atoms with E-state index in [4.69, 9.17) is 5.53 Å². The molecule has 3 rings (SSSR count). The first-order chi connectivity index (χ1) is 9.78. The van der Waals surface area contributed by atoms with Crippen molar-refractivity contribution in [3.05, 3.63) is 40.0 Å². The average Bonchev–Trinajstić information content (AvgIpc) is 3.11. The Morgan fingerprint density at radius 1 is 1.45 bits per heavy atom. The van der Waals surface area contributed by atoms with Gasteiger partial charge in [-0.3, -0.25) is 4.79 Å². The Morgan fingerprint density at radius 3 is 2.95 bits per heavy atom. The Labute approximate surface area is 139 Å². The van der Waals surface area contributed by atoms with Crippen molar-refractivity contribution in [3.8, 4) is 0 Å². The number of carbonyl (C=O) groups is 1. The van der Waals surface area contributed by atoms with Crippen LogP contribution in [0.3, 0.4) is 0 Å². The highest BCUT2D eigenvalue weighted by Gasteiger charge is 2.19. The maximum Gasteiger partial charge on any atom is 0.168 e. The number of azide groups is 1. The molecule has 0 saturated carbocycles. The molecule has 2 aromatic rings. The number of rotatable bonds is 4. The lowest BCUT2D eigenvalue weighted by atomic mass is 10.1. The lowest BCUT2D eigenvalue weighted by molar-refractivity contribution is 0.100. The number of imidazole rings is 1. The molecule has 7 nitrogen and oxygen atoms in total. The van der Waals surface area contributed by atoms with Crippen LogP contribution in [-0.4, -0.2) is 28.8 Å². The Kier molecular flexibility index (Phi) is 6.64. The molecule has 1 saturated heterocycles. The number of aromatic nitrogens is 2. The van der Waals surface area contributed by atoms with Gasteiger partial charge in [0.05, 0.1) is 23.6 Å². The number of hydrogen-bond acceptors (Lipinski definition) is 4. The van der Waals surface area contributed by atoms with Crippen molar-refractivity contribution in [2.24, 2.45) is 5.11 Å². The van der Waals surface area contributed by atoms with Crippen molar-refractivity contribution in [1.82, 2.24) is 15.3 Å². The van der Waals surface area contributed by atoms with Crippen molar-refractivity contribution in [3.63, 3.8) is 0 Å². The van der Waals surface area contributed by atoms with E-state index in [-0.39, 0.29) is 43.2 Å². The van der Waals surface area contributed by atoms with Crippen molar-refractivity contribution in [2.75, 3.05) is 13.1 Å². The third kappa shape index (κ3) is 3.69. The van der Waals surface area contributed by atoms with E-state index in [1.807, 2.05) is 6.07 Å². The van der Waals surface area contributed by atoms with E-state index in [1.54, 1.807) is 12.1 Å². The number of halogens is 2. The first-order valence-electron chi connectivity index (χ1n) is 6.55. The molecule has 1 aromatic heterocycles. The fraction of sp³-hybridized carbons (Fsp3) is 0.385. The first kappa shape index (κ1) is 18.3. The second-order valence-corrected chi connectivity index (χ2v) is 4.82. The fourth-order valence-corrected chi connectivity index (χ4v) is 2.47. The van der Waals surface area contributed by atoms with Gasteiger partial charge in [0, 0.05) is 10.5 Å². The number of nitrogens with zero attached hydrogens (tertiary/aromatic N) is 4. The Hall–Kier alpha value is -1.79. The van der Waals surface area contributed by atoms with Gasteiger partial charge in [-0.15, -0.1) is 24.8 Å². The molecule has 2 N–H and O–H groups in total. The fourth-order valence-electron chi connectivity index (χ4n) is 2.47. The molecular formula is C13H16Cl2N6O. The molecule has 1 aromatic carbocycles. The zero-order valence-electron chi connectivity index (χ0n) is 11.7. The molecule has 1 aliphatic heterocycles. The summed E-state index contributed by atoms with van der Waals surface area (Å²) >= 11 is 0. The maximum atomic E-state index is 11.8. The molecule has 118 valence electrons. The Bertz CT molecular complexity index is 704. The summed E-state index contributed by atoms with van der Waals surface area (Å²) in [6.45, 7) is 0.852. The smallest absolute Gasteiger partial charge is 0.168 e. The lowest BCUT2D eigenvalue weighted by Gasteiger charge is -2.04. The van der Waals surface area contributed by atoms with Gasteiger partial charge in [0.25, 0.3) is 0 Å². The summed E-state index contributed by atoms with van der Waals surface area (Å²) in [6, 6.07) is 5.55. The van der Waals surface area contributed by atoms with Crippen LogP contribution in [0.5, 0.6) is 0 Å². The van der Waals surface area contributed by atoms with Gasteiger partial charge in [0.2, 0.25) is 0 Å². The summed E-state index contributed by atoms with van der Waals surface area (Å²) in [5.41, 5.74) is 10.4. The number of aromatic amines is 1. The SMILES string of the molecule is Cl.Cl.[N-]=[N+]=NCC(=O)c1ccc2nc([C@@H]3CCCN3)[nH]c2c1. The third-order valence-corrected chi connectivity index (χ3v) is 3.49. The molecule has 0 bridgehead atoms. The number of hydrogen-bond donors (Lipinski definition) is 2. The largest absolute Gasteiger partial charge is 0.341 e. The molecule has 0 radical (unpaired) electrons. The van der Waals surface area contributed by atoms with Gasteiger partial charge in [0.15, 0.2) is 5.78 Å². The molecule has 1 aliphatic rings. The van der Waals surface area contributed by atoms with Crippen LogP contribution in [0.2, 0.25) is 0 Å². The van der Waals surface area contributed by atoms with E-state index in [0.717, 1.165) is 36.2 Å². The summed E-state index contributed by atoms with van der Waals surface area (Å²) in [6.07, 6.45) is 2.22. The van der Waals surface area contributed by atoms with Gasteiger partial charge in [-0.2, -0.15) is 0 Å². The van der Waals surface area contributed by atoms with Crippen molar-refractivity contribution >= 4 is 41.6 Å². The highest BCUT2D eigenvalue weighted by molar-refractivity contribution is 6.00. The van der Waals surface area contributed by atoms with Gasteiger partial charge in [-0.1, -0.05) is 5.11 Å². The van der Waals surface area contributed by atoms with Crippen LogP contribution >= 0.6 is 24.8 Å². The molecule has 2 heterocycles. The minimum absolute atomic E-state index is 0. The van der Waals surface area contributed by atoms with E-state index in [2.05, 4.69) is 25.3 Å². The molecule has 0 unspecified atom stereocenters. The Morgan fingerprint density at radius 2 is 2.27 bits per heavy atom. The summed E-state index contributed by atoms with van der Waals surface area (Å²) in [5, 5.41) is 6.67. The zero-order chi connectivity index (χ0) is 13.9. The van der Waals surface area contributed by atoms with Gasteiger partial charge in [0.1, 0.15) is 5.82 Å². The van der Waals surface area contributed by atoms with Crippen LogP contribution in [0.4, 0.5) is 0 Å². The second kappa shape index (κ2) is 8.00. The molecule has 9 heteroatoms. The molecule has 0 aliphatic carbocycles. The molecule has 0 spiro atoms. The first-order valence-corrected chi connectivity index (χ1v) is 6.55. The summed E-state index contributed by atoms with van der Waals surface area (Å²) in [7, 11) is 0. The molecule has 1 fully saturated rings. The van der Waals surface area contributed by atoms with Crippen LogP contribution in [0.25, 0.3) is 21.5 Å². The van der Waals surface area contributed by atoms with Crippen molar-refractivity contribution in [2.45, 2.75) is 18.9 Å². The van der Waals surface area contributed by atoms with E-state index < -0.39 is 0 Å². The minimum Gasteiger partial charge on any atom is -0.341 e. The van der Waals surface area contributed by atoms with Crippen LogP contribution in [0, 0.1) is 0 Å². The number of nitrogens with one attached hydrogen (secondary N) is 2. The van der Waals surface area contributed by atoms with Gasteiger partial charge in [-0.25, -0.2) is 4.98 Å². The minimum atomic E-state index is -0.195. The van der Waals surface area contributed by atoms with E-state index in [1.165, 1.54) is 0 Å². The topological polar surface area (TPSA) is 107 Å². The lowest BCUT2D eigenvalue weighted by Crippen LogP contribution is -2.13. The molecule has 1 atom stereocenters. The second-order valence-electron chi connectivity index (χ2n) is 4.82. The number of H-pyrrole nitrogens is 1. The van der Waals surface area contributed by atoms with Crippen LogP contribution < -0.4 is 5.32 Å². The molecule has 0 amide bonds. The summed E-state index contributed by atoms with van der Waals surface area (Å²) in [4.78, 5) is 22.2. The number of Topliss-reactive ketones (excluding diaryl/α,β-unsaturated/α-hetero) is 1. The number of benzene rings is 1. The van der Waals surface area contributed by atoms with Crippen LogP contribution in [-0.2, 0) is 0 Å². The summed E-state index contributed by atoms with van der Waals surface area (Å²) < 4.78 is 0. The van der Waals surface area contributed by atoms with Crippen molar-refractivity contribution < 1.29 is 4.79 Å². The highest BCUT2D eigenvalue weighted by atomic mass is 35.5. The van der Waals surface area contributed by atoms with Gasteiger partial charge in [-0.05, 0) is 43.1 Å². The predicted octanol–water partition coefficient (Wildman–Crippen LogP) is 3.32. The van der Waals surface area contributed by atoms with E-state index in [0.29, 0.717) is 5.56 Å². The zero-order valence-corrected chi connectivity index (χ0v) is 13.3. The molecular weight excluding hydrogens is 327 g/mol.